The van der Waals surface area contributed by atoms with Crippen molar-refractivity contribution in [2.75, 3.05) is 13.6 Å². The fraction of sp³-hybridized carbons (Fsp3) is 0.889. The van der Waals surface area contributed by atoms with Crippen LogP contribution in [0.3, 0.4) is 0 Å². The van der Waals surface area contributed by atoms with Crippen LogP contribution in [0.5, 0.6) is 0 Å². The van der Waals surface area contributed by atoms with Gasteiger partial charge in [0, 0.05) is 4.91 Å². The lowest BCUT2D eigenvalue weighted by Crippen LogP contribution is -2.33. The number of hydrogen-bond donors (Lipinski definition) is 2. The minimum absolute atomic E-state index is 0.359. The van der Waals surface area contributed by atoms with Gasteiger partial charge in [-0.3, -0.25) is 4.79 Å². The smallest absolute Gasteiger partial charge is 0.376 e. The van der Waals surface area contributed by atoms with Crippen molar-refractivity contribution < 1.29 is 14.9 Å². The van der Waals surface area contributed by atoms with Crippen LogP contribution in [0.15, 0.2) is 5.11 Å². The van der Waals surface area contributed by atoms with Gasteiger partial charge in [0.15, 0.2) is 0 Å². The zero-order valence-electron chi connectivity index (χ0n) is 10.3. The first-order valence-electron chi connectivity index (χ1n) is 5.64. The maximum atomic E-state index is 10.6. The van der Waals surface area contributed by atoms with Gasteiger partial charge in [0.05, 0.1) is 0 Å². The normalized spacial score (nSPS) is 12.0. The molecule has 0 bridgehead atoms. The van der Waals surface area contributed by atoms with Gasteiger partial charge in [0.1, 0.15) is 6.04 Å². The van der Waals surface area contributed by atoms with Crippen molar-refractivity contribution >= 4 is 13.0 Å². The number of aliphatic carboxylic acids is 1. The van der Waals surface area contributed by atoms with Crippen LogP contribution in [-0.2, 0) is 4.79 Å². The molecule has 0 aromatic carbocycles. The number of carboxylic acids is 1. The number of hydrogen-bond acceptors (Lipinski definition) is 4. The maximum absolute atomic E-state index is 10.6. The maximum Gasteiger partial charge on any atom is 0.376 e. The van der Waals surface area contributed by atoms with Crippen LogP contribution in [-0.4, -0.2) is 47.6 Å². The Kier molecular flexibility index (Phi) is 8.22. The van der Waals surface area contributed by atoms with E-state index >= 15 is 0 Å². The molecular formula is C9H19BN4O3. The zero-order chi connectivity index (χ0) is 13.3. The molecule has 0 saturated heterocycles. The monoisotopic (exact) mass is 242 g/mol. The molecule has 0 radical (unpaired) electrons. The number of carboxylic acid groups (broad SMARTS) is 1. The van der Waals surface area contributed by atoms with Gasteiger partial charge < -0.3 is 14.9 Å². The van der Waals surface area contributed by atoms with Crippen LogP contribution >= 0.6 is 0 Å². The first-order valence-corrected chi connectivity index (χ1v) is 5.64. The Morgan fingerprint density at radius 1 is 1.53 bits per heavy atom. The summed E-state index contributed by atoms with van der Waals surface area (Å²) in [5, 5.41) is 21.1. The van der Waals surface area contributed by atoms with Gasteiger partial charge in [-0.1, -0.05) is 18.0 Å². The molecule has 0 amide bonds. The Morgan fingerprint density at radius 3 is 2.65 bits per heavy atom. The van der Waals surface area contributed by atoms with E-state index in [0.717, 1.165) is 19.4 Å². The molecule has 1 atom stereocenters. The first kappa shape index (κ1) is 15.8. The van der Waals surface area contributed by atoms with Crippen molar-refractivity contribution in [1.29, 1.82) is 0 Å². The molecule has 0 aliphatic carbocycles. The van der Waals surface area contributed by atoms with Gasteiger partial charge in [0.25, 0.3) is 0 Å². The standard InChI is InChI=1S/C9H19BN4O3/c1-10(17)14(2)7-5-3-4-6-8(9(15)16)12-13-11/h8,17H,3-7H2,1-2H3,(H,15,16). The molecule has 17 heavy (non-hydrogen) atoms. The summed E-state index contributed by atoms with van der Waals surface area (Å²) in [4.78, 5) is 15.0. The highest BCUT2D eigenvalue weighted by Crippen LogP contribution is 2.08. The zero-order valence-corrected chi connectivity index (χ0v) is 10.3. The second-order valence-corrected chi connectivity index (χ2v) is 4.02. The molecule has 0 rings (SSSR count). The van der Waals surface area contributed by atoms with Crippen LogP contribution in [0.25, 0.3) is 10.4 Å². The number of nitrogens with zero attached hydrogens (tertiary/aromatic N) is 4. The van der Waals surface area contributed by atoms with Gasteiger partial charge >= 0.3 is 13.0 Å². The van der Waals surface area contributed by atoms with Crippen LogP contribution < -0.4 is 0 Å². The highest BCUT2D eigenvalue weighted by molar-refractivity contribution is 6.45. The number of rotatable bonds is 9. The fourth-order valence-electron chi connectivity index (χ4n) is 1.36. The molecule has 0 aliphatic rings. The molecule has 8 heteroatoms. The van der Waals surface area contributed by atoms with E-state index in [1.54, 1.807) is 6.82 Å². The van der Waals surface area contributed by atoms with Crippen LogP contribution in [0.2, 0.25) is 6.82 Å². The molecule has 0 spiro atoms. The molecular weight excluding hydrogens is 223 g/mol. The van der Waals surface area contributed by atoms with E-state index in [1.165, 1.54) is 0 Å². The molecule has 7 nitrogen and oxygen atoms in total. The summed E-state index contributed by atoms with van der Waals surface area (Å²) in [6, 6.07) is -0.963. The summed E-state index contributed by atoms with van der Waals surface area (Å²) < 4.78 is 0. The summed E-state index contributed by atoms with van der Waals surface area (Å²) in [7, 11) is 1.36. The third kappa shape index (κ3) is 7.62. The van der Waals surface area contributed by atoms with Gasteiger partial charge in [-0.05, 0) is 38.8 Å². The summed E-state index contributed by atoms with van der Waals surface area (Å²) in [5.74, 6) is -1.08. The van der Waals surface area contributed by atoms with Crippen molar-refractivity contribution in [3.63, 3.8) is 0 Å². The van der Waals surface area contributed by atoms with Crippen molar-refractivity contribution in [2.24, 2.45) is 5.11 Å². The SMILES string of the molecule is CB(O)N(C)CCCCCC(N=[N+]=[N-])C(=O)O. The second kappa shape index (κ2) is 8.86. The van der Waals surface area contributed by atoms with E-state index in [4.69, 9.17) is 10.6 Å². The minimum atomic E-state index is -1.08. The molecule has 0 heterocycles. The number of azide groups is 1. The van der Waals surface area contributed by atoms with E-state index in [0.29, 0.717) is 12.8 Å². The molecule has 96 valence electrons. The predicted octanol–water partition coefficient (Wildman–Crippen LogP) is 1.35. The average molecular weight is 242 g/mol. The quantitative estimate of drug-likeness (QED) is 0.209. The largest absolute Gasteiger partial charge is 0.481 e. The topological polar surface area (TPSA) is 110 Å². The van der Waals surface area contributed by atoms with Gasteiger partial charge in [-0.2, -0.15) is 0 Å². The Balaban J connectivity index is 3.69. The molecule has 1 unspecified atom stereocenters. The highest BCUT2D eigenvalue weighted by atomic mass is 16.4. The lowest BCUT2D eigenvalue weighted by atomic mass is 9.85. The third-order valence-corrected chi connectivity index (χ3v) is 2.60. The second-order valence-electron chi connectivity index (χ2n) is 4.02. The van der Waals surface area contributed by atoms with Gasteiger partial charge in [-0.25, -0.2) is 0 Å². The van der Waals surface area contributed by atoms with Crippen molar-refractivity contribution in [2.45, 2.75) is 38.5 Å². The van der Waals surface area contributed by atoms with Crippen LogP contribution in [0.1, 0.15) is 25.7 Å². The Labute approximate surface area is 101 Å². The number of carbonyl (C=O) groups is 1. The Hall–Kier alpha value is -1.24. The van der Waals surface area contributed by atoms with E-state index in [9.17, 15) is 9.82 Å². The number of unbranched alkanes of at least 4 members (excludes halogenated alkanes) is 2. The Bertz CT molecular complexity index is 279. The fourth-order valence-corrected chi connectivity index (χ4v) is 1.36. The minimum Gasteiger partial charge on any atom is -0.481 e. The summed E-state index contributed by atoms with van der Waals surface area (Å²) in [6.07, 6.45) is 2.78. The first-order chi connectivity index (χ1) is 7.99. The van der Waals surface area contributed by atoms with Gasteiger partial charge in [0.2, 0.25) is 0 Å². The molecule has 0 aromatic heterocycles. The predicted molar refractivity (Wildman–Crippen MR) is 65.5 cm³/mol. The summed E-state index contributed by atoms with van der Waals surface area (Å²) in [5.41, 5.74) is 8.18. The molecule has 0 fully saturated rings. The van der Waals surface area contributed by atoms with E-state index in [2.05, 4.69) is 10.0 Å². The lowest BCUT2D eigenvalue weighted by Gasteiger charge is -2.16. The summed E-state index contributed by atoms with van der Waals surface area (Å²) >= 11 is 0. The van der Waals surface area contributed by atoms with Crippen LogP contribution in [0, 0.1) is 0 Å². The van der Waals surface area contributed by atoms with Crippen molar-refractivity contribution in [3.05, 3.63) is 10.4 Å². The highest BCUT2D eigenvalue weighted by Gasteiger charge is 2.14. The van der Waals surface area contributed by atoms with Crippen molar-refractivity contribution in [3.8, 4) is 0 Å². The van der Waals surface area contributed by atoms with Crippen molar-refractivity contribution in [1.82, 2.24) is 4.81 Å². The van der Waals surface area contributed by atoms with E-state index in [1.807, 2.05) is 11.9 Å². The molecule has 0 saturated carbocycles. The molecule has 0 aliphatic heterocycles. The van der Waals surface area contributed by atoms with E-state index in [-0.39, 0.29) is 0 Å². The van der Waals surface area contributed by atoms with Gasteiger partial charge in [-0.15, -0.1) is 0 Å². The summed E-state index contributed by atoms with van der Waals surface area (Å²) in [6.45, 7) is 2.46. The van der Waals surface area contributed by atoms with Crippen LogP contribution in [0.4, 0.5) is 0 Å². The molecule has 2 N–H and O–H groups in total. The average Bonchev–Trinajstić information content (AvgIpc) is 2.26. The lowest BCUT2D eigenvalue weighted by molar-refractivity contribution is -0.138. The molecule has 0 aromatic rings. The third-order valence-electron chi connectivity index (χ3n) is 2.60. The van der Waals surface area contributed by atoms with E-state index < -0.39 is 19.1 Å². The Morgan fingerprint density at radius 2 is 2.18 bits per heavy atom.